The molecule has 31 heavy (non-hydrogen) atoms. The Morgan fingerprint density at radius 1 is 1.16 bits per heavy atom. The molecule has 178 valence electrons. The molecule has 1 aliphatic heterocycles. The van der Waals surface area contributed by atoms with Gasteiger partial charge in [0.15, 0.2) is 5.96 Å². The van der Waals surface area contributed by atoms with Gasteiger partial charge in [0.25, 0.3) is 0 Å². The van der Waals surface area contributed by atoms with Gasteiger partial charge in [0.2, 0.25) is 5.91 Å². The van der Waals surface area contributed by atoms with Crippen LogP contribution in [0.3, 0.4) is 0 Å². The summed E-state index contributed by atoms with van der Waals surface area (Å²) in [7, 11) is 0. The molecule has 0 aromatic carbocycles. The highest BCUT2D eigenvalue weighted by Gasteiger charge is 2.33. The fraction of sp³-hybridized carbons (Fsp3) is 0.909. The van der Waals surface area contributed by atoms with Gasteiger partial charge in [-0.05, 0) is 71.1 Å². The van der Waals surface area contributed by atoms with E-state index in [1.165, 1.54) is 0 Å². The van der Waals surface area contributed by atoms with Crippen LogP contribution in [0.4, 0.5) is 4.39 Å². The summed E-state index contributed by atoms with van der Waals surface area (Å²) >= 11 is 6.25. The summed E-state index contributed by atoms with van der Waals surface area (Å²) in [4.78, 5) is 17.6. The lowest BCUT2D eigenvalue weighted by atomic mass is 9.83. The molecule has 1 saturated heterocycles. The minimum atomic E-state index is -0.777. The van der Waals surface area contributed by atoms with Gasteiger partial charge < -0.3 is 10.1 Å². The van der Waals surface area contributed by atoms with Gasteiger partial charge in [-0.2, -0.15) is 0 Å². The molecule has 0 aromatic rings. The van der Waals surface area contributed by atoms with E-state index in [0.717, 1.165) is 32.1 Å². The van der Waals surface area contributed by atoms with Gasteiger partial charge in [-0.25, -0.2) is 14.8 Å². The Balaban J connectivity index is 1.58. The van der Waals surface area contributed by atoms with Crippen LogP contribution in [0.2, 0.25) is 0 Å². The van der Waals surface area contributed by atoms with Gasteiger partial charge in [-0.1, -0.05) is 0 Å². The minimum Gasteiger partial charge on any atom is -0.380 e. The summed E-state index contributed by atoms with van der Waals surface area (Å²) < 4.78 is 18.9. The van der Waals surface area contributed by atoms with E-state index < -0.39 is 6.17 Å². The van der Waals surface area contributed by atoms with E-state index in [-0.39, 0.29) is 24.0 Å². The van der Waals surface area contributed by atoms with Gasteiger partial charge in [0, 0.05) is 36.4 Å². The van der Waals surface area contributed by atoms with Crippen molar-refractivity contribution >= 4 is 23.5 Å². The average Bonchev–Trinajstić information content (AvgIpc) is 3.21. The quantitative estimate of drug-likeness (QED) is 0.267. The number of hydrogen-bond donors (Lipinski definition) is 4. The number of amides is 1. The van der Waals surface area contributed by atoms with E-state index in [1.54, 1.807) is 0 Å². The van der Waals surface area contributed by atoms with Crippen molar-refractivity contribution in [1.82, 2.24) is 21.5 Å². The fourth-order valence-corrected chi connectivity index (χ4v) is 5.05. The number of carbonyl (C=O) groups excluding carboxylic acids is 1. The van der Waals surface area contributed by atoms with Gasteiger partial charge in [-0.3, -0.25) is 15.5 Å². The van der Waals surface area contributed by atoms with Crippen molar-refractivity contribution < 1.29 is 13.9 Å². The number of halogens is 2. The predicted octanol–water partition coefficient (Wildman–Crippen LogP) is 2.99. The van der Waals surface area contributed by atoms with Crippen molar-refractivity contribution in [3.05, 3.63) is 0 Å². The molecule has 3 fully saturated rings. The Morgan fingerprint density at radius 3 is 2.55 bits per heavy atom. The lowest BCUT2D eigenvalue weighted by Crippen LogP contribution is -2.49. The number of ether oxygens (including phenoxy) is 1. The molecular weight excluding hydrogens is 421 g/mol. The maximum absolute atomic E-state index is 13.5. The molecule has 0 spiro atoms. The number of rotatable bonds is 7. The SMILES string of the molecule is CCOC[C@H](C)N/C(=N/C1CC(C2CCC(Cl)CC2)NN1)NC(=O)C1CCC(F)CC1. The first-order valence-corrected chi connectivity index (χ1v) is 12.4. The van der Waals surface area contributed by atoms with Crippen LogP contribution in [0.25, 0.3) is 0 Å². The van der Waals surface area contributed by atoms with Crippen LogP contribution in [-0.4, -0.2) is 54.9 Å². The third-order valence-electron chi connectivity index (χ3n) is 6.69. The molecule has 2 saturated carbocycles. The van der Waals surface area contributed by atoms with Crippen LogP contribution in [0, 0.1) is 11.8 Å². The number of carbonyl (C=O) groups is 1. The van der Waals surface area contributed by atoms with Crippen molar-refractivity contribution in [1.29, 1.82) is 0 Å². The number of aliphatic imine (C=N–C) groups is 1. The van der Waals surface area contributed by atoms with E-state index >= 15 is 0 Å². The number of alkyl halides is 2. The number of nitrogens with one attached hydrogen (secondary N) is 4. The Kier molecular flexibility index (Phi) is 9.81. The van der Waals surface area contributed by atoms with E-state index in [4.69, 9.17) is 21.3 Å². The summed E-state index contributed by atoms with van der Waals surface area (Å²) in [6.07, 6.45) is 6.46. The van der Waals surface area contributed by atoms with Gasteiger partial charge >= 0.3 is 0 Å². The normalized spacial score (nSPS) is 35.5. The molecule has 2 aliphatic carbocycles. The van der Waals surface area contributed by atoms with Crippen LogP contribution >= 0.6 is 11.6 Å². The highest BCUT2D eigenvalue weighted by Crippen LogP contribution is 2.32. The lowest BCUT2D eigenvalue weighted by molar-refractivity contribution is -0.124. The first kappa shape index (κ1) is 24.7. The molecule has 0 aromatic heterocycles. The fourth-order valence-electron chi connectivity index (χ4n) is 4.80. The van der Waals surface area contributed by atoms with Crippen molar-refractivity contribution in [2.24, 2.45) is 16.8 Å². The van der Waals surface area contributed by atoms with E-state index in [1.807, 2.05) is 13.8 Å². The van der Waals surface area contributed by atoms with Gasteiger partial charge in [0.05, 0.1) is 6.61 Å². The third kappa shape index (κ3) is 7.84. The zero-order valence-electron chi connectivity index (χ0n) is 18.8. The summed E-state index contributed by atoms with van der Waals surface area (Å²) in [5.74, 6) is 0.824. The Bertz CT molecular complexity index is 594. The summed E-state index contributed by atoms with van der Waals surface area (Å²) in [6, 6.07) is 0.361. The zero-order chi connectivity index (χ0) is 22.2. The molecule has 3 rings (SSSR count). The summed E-state index contributed by atoms with van der Waals surface area (Å²) in [5, 5.41) is 6.57. The maximum atomic E-state index is 13.5. The van der Waals surface area contributed by atoms with Crippen LogP contribution in [0.5, 0.6) is 0 Å². The monoisotopic (exact) mass is 459 g/mol. The van der Waals surface area contributed by atoms with Crippen molar-refractivity contribution in [3.63, 3.8) is 0 Å². The van der Waals surface area contributed by atoms with E-state index in [2.05, 4.69) is 21.5 Å². The highest BCUT2D eigenvalue weighted by molar-refractivity contribution is 6.20. The Hall–Kier alpha value is -0.960. The molecule has 1 heterocycles. The van der Waals surface area contributed by atoms with Crippen molar-refractivity contribution in [3.8, 4) is 0 Å². The topological polar surface area (TPSA) is 86.8 Å². The Labute approximate surface area is 190 Å². The van der Waals surface area contributed by atoms with E-state index in [9.17, 15) is 9.18 Å². The number of hydrogen-bond acceptors (Lipinski definition) is 5. The molecular formula is C22H39ClFN5O2. The molecule has 3 atom stereocenters. The smallest absolute Gasteiger partial charge is 0.229 e. The predicted molar refractivity (Wildman–Crippen MR) is 122 cm³/mol. The van der Waals surface area contributed by atoms with Crippen molar-refractivity contribution in [2.45, 2.75) is 101 Å². The highest BCUT2D eigenvalue weighted by atomic mass is 35.5. The average molecular weight is 460 g/mol. The van der Waals surface area contributed by atoms with E-state index in [0.29, 0.717) is 62.2 Å². The summed E-state index contributed by atoms with van der Waals surface area (Å²) in [5.41, 5.74) is 6.68. The molecule has 3 aliphatic rings. The third-order valence-corrected chi connectivity index (χ3v) is 7.13. The molecule has 0 bridgehead atoms. The second-order valence-electron chi connectivity index (χ2n) is 9.28. The minimum absolute atomic E-state index is 0.00439. The number of hydrazine groups is 1. The molecule has 9 heteroatoms. The molecule has 7 nitrogen and oxygen atoms in total. The largest absolute Gasteiger partial charge is 0.380 e. The second kappa shape index (κ2) is 12.3. The number of guanidine groups is 1. The molecule has 0 radical (unpaired) electrons. The van der Waals surface area contributed by atoms with Gasteiger partial charge in [-0.15, -0.1) is 11.6 Å². The standard InChI is InChI=1S/C22H39ClFN5O2/c1-3-31-13-14(2)25-22(27-21(30)16-6-10-18(24)11-7-16)26-20-12-19(28-29-20)15-4-8-17(23)9-5-15/h14-20,28-29H,3-13H2,1-2H3,(H2,25,26,27,30)/t14-,15?,16?,17?,18?,19?,20?/m0/s1. The first-order valence-electron chi connectivity index (χ1n) is 12.0. The van der Waals surface area contributed by atoms with Crippen molar-refractivity contribution in [2.75, 3.05) is 13.2 Å². The van der Waals surface area contributed by atoms with Crippen LogP contribution in [0.1, 0.15) is 71.6 Å². The summed E-state index contributed by atoms with van der Waals surface area (Å²) in [6.45, 7) is 5.12. The second-order valence-corrected chi connectivity index (χ2v) is 9.90. The van der Waals surface area contributed by atoms with Crippen LogP contribution in [0.15, 0.2) is 4.99 Å². The van der Waals surface area contributed by atoms with Gasteiger partial charge in [0.1, 0.15) is 12.3 Å². The first-order chi connectivity index (χ1) is 14.9. The molecule has 4 N–H and O–H groups in total. The maximum Gasteiger partial charge on any atom is 0.229 e. The zero-order valence-corrected chi connectivity index (χ0v) is 19.6. The Morgan fingerprint density at radius 2 is 1.87 bits per heavy atom. The number of nitrogens with zero attached hydrogens (tertiary/aromatic N) is 1. The molecule has 1 amide bonds. The van der Waals surface area contributed by atoms with Crippen LogP contribution in [-0.2, 0) is 9.53 Å². The molecule has 2 unspecified atom stereocenters. The van der Waals surface area contributed by atoms with Crippen LogP contribution < -0.4 is 21.5 Å². The lowest BCUT2D eigenvalue weighted by Gasteiger charge is -2.29.